The van der Waals surface area contributed by atoms with Crippen LogP contribution in [0.5, 0.6) is 0 Å². The molecule has 0 bridgehead atoms. The van der Waals surface area contributed by atoms with Crippen molar-refractivity contribution in [3.8, 4) is 0 Å². The van der Waals surface area contributed by atoms with Crippen molar-refractivity contribution < 1.29 is 4.79 Å². The van der Waals surface area contributed by atoms with Crippen molar-refractivity contribution in [3.63, 3.8) is 0 Å². The summed E-state index contributed by atoms with van der Waals surface area (Å²) in [6.07, 6.45) is 3.54. The second-order valence-corrected chi connectivity index (χ2v) is 5.60. The highest BCUT2D eigenvalue weighted by Crippen LogP contribution is 2.22. The van der Waals surface area contributed by atoms with Crippen molar-refractivity contribution in [1.29, 1.82) is 0 Å². The zero-order valence-electron chi connectivity index (χ0n) is 14.5. The normalized spacial score (nSPS) is 10.5. The molecule has 0 saturated heterocycles. The van der Waals surface area contributed by atoms with E-state index in [9.17, 15) is 4.79 Å². The molecule has 0 aliphatic rings. The molecule has 124 valence electrons. The maximum Gasteiger partial charge on any atom is 0.238 e. The van der Waals surface area contributed by atoms with Gasteiger partial charge in [0.2, 0.25) is 5.91 Å². The van der Waals surface area contributed by atoms with Gasteiger partial charge < -0.3 is 15.5 Å². The predicted octanol–water partition coefficient (Wildman–Crippen LogP) is 3.56. The highest BCUT2D eigenvalue weighted by Gasteiger charge is 2.07. The Morgan fingerprint density at radius 2 is 1.86 bits per heavy atom. The molecular weight excluding hydrogens is 274 g/mol. The first-order valence-electron chi connectivity index (χ1n) is 8.48. The zero-order chi connectivity index (χ0) is 16.4. The minimum Gasteiger partial charge on any atom is -0.372 e. The fourth-order valence-corrected chi connectivity index (χ4v) is 2.47. The molecule has 0 heterocycles. The predicted molar refractivity (Wildman–Crippen MR) is 95.8 cm³/mol. The Bertz CT molecular complexity index is 456. The Morgan fingerprint density at radius 1 is 1.14 bits per heavy atom. The number of carbonyl (C=O) groups is 1. The van der Waals surface area contributed by atoms with E-state index >= 15 is 0 Å². The summed E-state index contributed by atoms with van der Waals surface area (Å²) in [6, 6.07) is 6.21. The van der Waals surface area contributed by atoms with E-state index in [0.29, 0.717) is 6.54 Å². The molecule has 0 fully saturated rings. The third-order valence-corrected chi connectivity index (χ3v) is 3.86. The van der Waals surface area contributed by atoms with Gasteiger partial charge in [-0.25, -0.2) is 0 Å². The maximum absolute atomic E-state index is 11.9. The Hall–Kier alpha value is -1.55. The molecule has 0 atom stereocenters. The van der Waals surface area contributed by atoms with Crippen molar-refractivity contribution >= 4 is 17.3 Å². The van der Waals surface area contributed by atoms with E-state index < -0.39 is 0 Å². The molecule has 0 radical (unpaired) electrons. The van der Waals surface area contributed by atoms with E-state index in [2.05, 4.69) is 48.4 Å². The van der Waals surface area contributed by atoms with Crippen LogP contribution < -0.4 is 15.5 Å². The Labute approximate surface area is 135 Å². The molecule has 1 amide bonds. The highest BCUT2D eigenvalue weighted by molar-refractivity contribution is 5.93. The fraction of sp³-hybridized carbons (Fsp3) is 0.611. The molecule has 22 heavy (non-hydrogen) atoms. The molecule has 0 aliphatic carbocycles. The summed E-state index contributed by atoms with van der Waals surface area (Å²) in [4.78, 5) is 14.2. The van der Waals surface area contributed by atoms with Crippen molar-refractivity contribution in [3.05, 3.63) is 23.8 Å². The van der Waals surface area contributed by atoms with Gasteiger partial charge in [0.25, 0.3) is 0 Å². The number of hydrogen-bond donors (Lipinski definition) is 2. The van der Waals surface area contributed by atoms with Gasteiger partial charge in [-0.1, -0.05) is 19.8 Å². The molecule has 2 N–H and O–H groups in total. The molecule has 0 saturated carbocycles. The van der Waals surface area contributed by atoms with Crippen LogP contribution in [0.4, 0.5) is 11.4 Å². The summed E-state index contributed by atoms with van der Waals surface area (Å²) < 4.78 is 0. The van der Waals surface area contributed by atoms with Gasteiger partial charge >= 0.3 is 0 Å². The average Bonchev–Trinajstić information content (AvgIpc) is 2.51. The van der Waals surface area contributed by atoms with Crippen molar-refractivity contribution in [2.24, 2.45) is 0 Å². The Morgan fingerprint density at radius 3 is 2.45 bits per heavy atom. The van der Waals surface area contributed by atoms with Crippen LogP contribution in [0.2, 0.25) is 0 Å². The van der Waals surface area contributed by atoms with Gasteiger partial charge in [0.05, 0.1) is 6.54 Å². The lowest BCUT2D eigenvalue weighted by Gasteiger charge is -2.22. The fourth-order valence-electron chi connectivity index (χ4n) is 2.47. The Balaban J connectivity index is 2.50. The van der Waals surface area contributed by atoms with Gasteiger partial charge in [0.15, 0.2) is 0 Å². The van der Waals surface area contributed by atoms with Crippen LogP contribution in [-0.4, -0.2) is 32.1 Å². The number of anilines is 2. The van der Waals surface area contributed by atoms with Crippen LogP contribution in [0.25, 0.3) is 0 Å². The number of benzene rings is 1. The number of carbonyl (C=O) groups excluding carboxylic acids is 1. The molecule has 4 heteroatoms. The first kappa shape index (κ1) is 18.5. The largest absolute Gasteiger partial charge is 0.372 e. The zero-order valence-corrected chi connectivity index (χ0v) is 14.5. The summed E-state index contributed by atoms with van der Waals surface area (Å²) >= 11 is 0. The van der Waals surface area contributed by atoms with E-state index in [-0.39, 0.29) is 5.91 Å². The lowest BCUT2D eigenvalue weighted by Crippen LogP contribution is -2.29. The lowest BCUT2D eigenvalue weighted by molar-refractivity contribution is -0.115. The number of aryl methyl sites for hydroxylation is 1. The molecule has 4 nitrogen and oxygen atoms in total. The molecule has 0 unspecified atom stereocenters. The molecule has 0 spiro atoms. The summed E-state index contributed by atoms with van der Waals surface area (Å²) in [6.45, 7) is 11.8. The molecule has 0 aliphatic heterocycles. The van der Waals surface area contributed by atoms with Crippen LogP contribution in [0, 0.1) is 6.92 Å². The first-order valence-corrected chi connectivity index (χ1v) is 8.48. The quantitative estimate of drug-likeness (QED) is 0.650. The summed E-state index contributed by atoms with van der Waals surface area (Å²) in [5, 5.41) is 6.17. The number of hydrogen-bond acceptors (Lipinski definition) is 3. The monoisotopic (exact) mass is 305 g/mol. The van der Waals surface area contributed by atoms with E-state index in [1.165, 1.54) is 18.5 Å². The second-order valence-electron chi connectivity index (χ2n) is 5.60. The summed E-state index contributed by atoms with van der Waals surface area (Å²) in [5.74, 6) is 0.0233. The van der Waals surface area contributed by atoms with Gasteiger partial charge in [0.1, 0.15) is 0 Å². The highest BCUT2D eigenvalue weighted by atomic mass is 16.1. The lowest BCUT2D eigenvalue weighted by atomic mass is 10.1. The SMILES string of the molecule is CCCCCNCC(=O)Nc1ccc(N(CC)CC)cc1C. The van der Waals surface area contributed by atoms with E-state index in [4.69, 9.17) is 0 Å². The average molecular weight is 305 g/mol. The standard InChI is InChI=1S/C18H31N3O/c1-5-8-9-12-19-14-18(22)20-17-11-10-16(13-15(17)4)21(6-2)7-3/h10-11,13,19H,5-9,12,14H2,1-4H3,(H,20,22). The van der Waals surface area contributed by atoms with Crippen molar-refractivity contribution in [1.82, 2.24) is 5.32 Å². The van der Waals surface area contributed by atoms with Gasteiger partial charge in [0, 0.05) is 24.5 Å². The number of amides is 1. The Kier molecular flexibility index (Phi) is 8.60. The number of nitrogens with one attached hydrogen (secondary N) is 2. The molecule has 1 aromatic carbocycles. The van der Waals surface area contributed by atoms with E-state index in [0.717, 1.165) is 37.3 Å². The summed E-state index contributed by atoms with van der Waals surface area (Å²) in [7, 11) is 0. The maximum atomic E-state index is 11.9. The number of unbranched alkanes of at least 4 members (excludes halogenated alkanes) is 2. The number of nitrogens with zero attached hydrogens (tertiary/aromatic N) is 1. The van der Waals surface area contributed by atoms with E-state index in [1.807, 2.05) is 13.0 Å². The third-order valence-electron chi connectivity index (χ3n) is 3.86. The molecule has 1 rings (SSSR count). The van der Waals surface area contributed by atoms with Gasteiger partial charge in [-0.2, -0.15) is 0 Å². The summed E-state index contributed by atoms with van der Waals surface area (Å²) in [5.41, 5.74) is 3.21. The van der Waals surface area contributed by atoms with Crippen LogP contribution in [0.3, 0.4) is 0 Å². The molecule has 0 aromatic heterocycles. The third kappa shape index (κ3) is 6.06. The molecular formula is C18H31N3O. The van der Waals surface area contributed by atoms with Crippen LogP contribution in [0.15, 0.2) is 18.2 Å². The van der Waals surface area contributed by atoms with Crippen molar-refractivity contribution in [2.45, 2.75) is 47.0 Å². The smallest absolute Gasteiger partial charge is 0.238 e. The first-order chi connectivity index (χ1) is 10.6. The minimum atomic E-state index is 0.0233. The van der Waals surface area contributed by atoms with Gasteiger partial charge in [-0.15, -0.1) is 0 Å². The number of rotatable bonds is 10. The van der Waals surface area contributed by atoms with Gasteiger partial charge in [-0.3, -0.25) is 4.79 Å². The second kappa shape index (κ2) is 10.2. The van der Waals surface area contributed by atoms with Crippen LogP contribution >= 0.6 is 0 Å². The van der Waals surface area contributed by atoms with Crippen LogP contribution in [0.1, 0.15) is 45.6 Å². The topological polar surface area (TPSA) is 44.4 Å². The van der Waals surface area contributed by atoms with Crippen molar-refractivity contribution in [2.75, 3.05) is 36.4 Å². The van der Waals surface area contributed by atoms with E-state index in [1.54, 1.807) is 0 Å². The van der Waals surface area contributed by atoms with Gasteiger partial charge in [-0.05, 0) is 57.5 Å². The molecule has 1 aromatic rings. The van der Waals surface area contributed by atoms with Crippen LogP contribution in [-0.2, 0) is 4.79 Å². The minimum absolute atomic E-state index is 0.0233.